The second-order valence-corrected chi connectivity index (χ2v) is 14.6. The number of benzene rings is 3. The fourth-order valence-corrected chi connectivity index (χ4v) is 5.27. The lowest BCUT2D eigenvalue weighted by molar-refractivity contribution is -0.124. The van der Waals surface area contributed by atoms with E-state index in [2.05, 4.69) is 86.8 Å². The third-order valence-corrected chi connectivity index (χ3v) is 9.37. The second kappa shape index (κ2) is 13.8. The first kappa shape index (κ1) is 34.9. The van der Waals surface area contributed by atoms with E-state index in [1.165, 1.54) is 11.1 Å². The van der Waals surface area contributed by atoms with Gasteiger partial charge in [0.25, 0.3) is 5.91 Å². The summed E-state index contributed by atoms with van der Waals surface area (Å²) in [6.45, 7) is 21.8. The third-order valence-electron chi connectivity index (χ3n) is 9.37. The molecule has 0 radical (unpaired) electrons. The monoisotopic (exact) mass is 628 g/mol. The summed E-state index contributed by atoms with van der Waals surface area (Å²) in [6, 6.07) is 19.4. The first-order valence-electron chi connectivity index (χ1n) is 16.7. The summed E-state index contributed by atoms with van der Waals surface area (Å²) >= 11 is 0. The number of hydrogen-bond donors (Lipinski definition) is 1. The highest BCUT2D eigenvalue weighted by Gasteiger charge is 2.30. The fourth-order valence-electron chi connectivity index (χ4n) is 5.27. The van der Waals surface area contributed by atoms with Crippen molar-refractivity contribution in [2.75, 3.05) is 5.43 Å². The first-order chi connectivity index (χ1) is 21.6. The molecule has 1 amide bonds. The number of rotatable bonds is 13. The highest BCUT2D eigenvalue weighted by Crippen LogP contribution is 2.39. The number of nitrogens with zero attached hydrogens (tertiary/aromatic N) is 1. The minimum atomic E-state index is -0.811. The molecule has 0 bridgehead atoms. The molecule has 3 aromatic carbocycles. The van der Waals surface area contributed by atoms with Gasteiger partial charge in [0.2, 0.25) is 0 Å². The number of carbonyl (C=O) groups excluding carboxylic acids is 1. The van der Waals surface area contributed by atoms with Crippen molar-refractivity contribution in [3.05, 3.63) is 87.9 Å². The van der Waals surface area contributed by atoms with Crippen molar-refractivity contribution in [2.45, 2.75) is 124 Å². The van der Waals surface area contributed by atoms with Crippen LogP contribution in [0.2, 0.25) is 0 Å². The Kier molecular flexibility index (Phi) is 10.4. The molecule has 7 nitrogen and oxygen atoms in total. The lowest BCUT2D eigenvalue weighted by Crippen LogP contribution is -2.40. The molecular weight excluding hydrogens is 576 g/mol. The standard InChI is InChI=1S/C39H52N2O5/c1-11-14-15-34(45-32-22-18-27(38(7,8)12-2)24-30(32)39(9,10)13-3)35(42)40-41-31-25-29(21-23-33(31)46-36(41)43)44-28-19-16-26(17-20-28)37(4,5)6/h16-25,34H,11-15H2,1-10H3,(H,40,42). The number of fused-ring (bicyclic) bond motifs is 1. The third kappa shape index (κ3) is 7.86. The molecule has 1 N–H and O–H groups in total. The molecule has 0 saturated carbocycles. The van der Waals surface area contributed by atoms with Gasteiger partial charge in [-0.15, -0.1) is 0 Å². The van der Waals surface area contributed by atoms with Crippen LogP contribution in [0.4, 0.5) is 0 Å². The Morgan fingerprint density at radius 3 is 2.07 bits per heavy atom. The van der Waals surface area contributed by atoms with Crippen molar-refractivity contribution >= 4 is 17.0 Å². The number of unbranched alkanes of at least 4 members (excludes halogenated alkanes) is 1. The van der Waals surface area contributed by atoms with Crippen molar-refractivity contribution in [1.82, 2.24) is 4.68 Å². The number of ether oxygens (including phenoxy) is 2. The zero-order chi connectivity index (χ0) is 33.9. The quantitative estimate of drug-likeness (QED) is 0.159. The van der Waals surface area contributed by atoms with Gasteiger partial charge in [-0.3, -0.25) is 10.2 Å². The van der Waals surface area contributed by atoms with E-state index in [-0.39, 0.29) is 16.2 Å². The van der Waals surface area contributed by atoms with Crippen molar-refractivity contribution in [3.8, 4) is 17.2 Å². The zero-order valence-corrected chi connectivity index (χ0v) is 29.4. The fraction of sp³-hybridized carbons (Fsp3) is 0.487. The summed E-state index contributed by atoms with van der Waals surface area (Å²) in [7, 11) is 0. The highest BCUT2D eigenvalue weighted by molar-refractivity contribution is 5.90. The molecule has 1 unspecified atom stereocenters. The predicted octanol–water partition coefficient (Wildman–Crippen LogP) is 9.77. The Labute approximate surface area is 274 Å². The summed E-state index contributed by atoms with van der Waals surface area (Å²) in [5.41, 5.74) is 6.92. The van der Waals surface area contributed by atoms with Gasteiger partial charge in [-0.1, -0.05) is 99.9 Å². The van der Waals surface area contributed by atoms with Crippen LogP contribution >= 0.6 is 0 Å². The predicted molar refractivity (Wildman–Crippen MR) is 187 cm³/mol. The summed E-state index contributed by atoms with van der Waals surface area (Å²) in [6.07, 6.45) is 3.29. The van der Waals surface area contributed by atoms with E-state index in [0.717, 1.165) is 35.9 Å². The molecule has 46 heavy (non-hydrogen) atoms. The molecule has 0 aliphatic heterocycles. The van der Waals surface area contributed by atoms with E-state index in [9.17, 15) is 9.59 Å². The van der Waals surface area contributed by atoms with Crippen LogP contribution in [0.5, 0.6) is 17.2 Å². The highest BCUT2D eigenvalue weighted by atomic mass is 16.5. The SMILES string of the molecule is CCCCC(Oc1ccc(C(C)(C)CC)cc1C(C)(C)CC)C(=O)Nn1c(=O)oc2ccc(Oc3ccc(C(C)(C)C)cc3)cc21. The summed E-state index contributed by atoms with van der Waals surface area (Å²) < 4.78 is 19.3. The van der Waals surface area contributed by atoms with Crippen LogP contribution in [0.1, 0.15) is 118 Å². The second-order valence-electron chi connectivity index (χ2n) is 14.6. The Balaban J connectivity index is 1.63. The molecule has 1 heterocycles. The van der Waals surface area contributed by atoms with Gasteiger partial charge in [-0.2, -0.15) is 4.68 Å². The maximum atomic E-state index is 13.8. The van der Waals surface area contributed by atoms with E-state index in [4.69, 9.17) is 13.9 Å². The van der Waals surface area contributed by atoms with Crippen LogP contribution < -0.4 is 20.7 Å². The van der Waals surface area contributed by atoms with E-state index in [0.29, 0.717) is 34.8 Å². The number of amides is 1. The van der Waals surface area contributed by atoms with Crippen LogP contribution in [-0.4, -0.2) is 16.7 Å². The smallest absolute Gasteiger partial charge is 0.439 e. The van der Waals surface area contributed by atoms with E-state index in [1.807, 2.05) is 30.3 Å². The van der Waals surface area contributed by atoms with Crippen molar-refractivity contribution < 1.29 is 18.7 Å². The molecule has 0 aliphatic rings. The number of aromatic nitrogens is 1. The van der Waals surface area contributed by atoms with Crippen molar-refractivity contribution in [2.24, 2.45) is 0 Å². The van der Waals surface area contributed by atoms with Gasteiger partial charge in [0, 0.05) is 11.6 Å². The van der Waals surface area contributed by atoms with Gasteiger partial charge in [0.1, 0.15) is 22.8 Å². The number of carbonyl (C=O) groups is 1. The van der Waals surface area contributed by atoms with E-state index >= 15 is 0 Å². The molecular formula is C39H52N2O5. The van der Waals surface area contributed by atoms with Crippen LogP contribution in [0.25, 0.3) is 11.1 Å². The summed E-state index contributed by atoms with van der Waals surface area (Å²) in [4.78, 5) is 26.8. The molecule has 248 valence electrons. The average molecular weight is 629 g/mol. The largest absolute Gasteiger partial charge is 0.480 e. The van der Waals surface area contributed by atoms with Crippen molar-refractivity contribution in [1.29, 1.82) is 0 Å². The zero-order valence-electron chi connectivity index (χ0n) is 29.4. The van der Waals surface area contributed by atoms with Crippen LogP contribution in [0, 0.1) is 0 Å². The average Bonchev–Trinajstić information content (AvgIpc) is 3.32. The van der Waals surface area contributed by atoms with Gasteiger partial charge in [0.15, 0.2) is 11.7 Å². The summed E-state index contributed by atoms with van der Waals surface area (Å²) in [5.74, 6) is 0.765. The normalized spacial score (nSPS) is 13.1. The molecule has 0 saturated heterocycles. The lowest BCUT2D eigenvalue weighted by atomic mass is 9.76. The Morgan fingerprint density at radius 1 is 0.826 bits per heavy atom. The van der Waals surface area contributed by atoms with Crippen molar-refractivity contribution in [3.63, 3.8) is 0 Å². The lowest BCUT2D eigenvalue weighted by Gasteiger charge is -2.31. The minimum Gasteiger partial charge on any atom is -0.480 e. The molecule has 0 spiro atoms. The minimum absolute atomic E-state index is 0.0119. The number of nitrogens with one attached hydrogen (secondary N) is 1. The number of hydrogen-bond acceptors (Lipinski definition) is 5. The molecule has 4 rings (SSSR count). The molecule has 7 heteroatoms. The van der Waals surface area contributed by atoms with E-state index < -0.39 is 17.8 Å². The first-order valence-corrected chi connectivity index (χ1v) is 16.7. The Morgan fingerprint density at radius 2 is 1.46 bits per heavy atom. The van der Waals surface area contributed by atoms with Crippen LogP contribution in [-0.2, 0) is 21.0 Å². The van der Waals surface area contributed by atoms with Gasteiger partial charge >= 0.3 is 5.76 Å². The Bertz CT molecular complexity index is 1700. The number of oxazole rings is 1. The van der Waals surface area contributed by atoms with Gasteiger partial charge in [-0.05, 0) is 83.4 Å². The molecule has 4 aromatic rings. The molecule has 0 aliphatic carbocycles. The maximum absolute atomic E-state index is 13.8. The Hall–Kier alpha value is -4.00. The molecule has 1 aromatic heterocycles. The van der Waals surface area contributed by atoms with Gasteiger partial charge in [0.05, 0.1) is 0 Å². The maximum Gasteiger partial charge on any atom is 0.439 e. The van der Waals surface area contributed by atoms with Crippen LogP contribution in [0.15, 0.2) is 69.9 Å². The molecule has 0 fully saturated rings. The topological polar surface area (TPSA) is 82.7 Å². The van der Waals surface area contributed by atoms with E-state index in [1.54, 1.807) is 18.2 Å². The molecule has 1 atom stereocenters. The van der Waals surface area contributed by atoms with Gasteiger partial charge in [-0.25, -0.2) is 4.79 Å². The van der Waals surface area contributed by atoms with Gasteiger partial charge < -0.3 is 13.9 Å². The summed E-state index contributed by atoms with van der Waals surface area (Å²) in [5, 5.41) is 0. The van der Waals surface area contributed by atoms with Crippen LogP contribution in [0.3, 0.4) is 0 Å².